The minimum absolute atomic E-state index is 1.18. The van der Waals surface area contributed by atoms with Crippen LogP contribution in [0.25, 0.3) is 0 Å². The number of hydrogen-bond donors (Lipinski definition) is 0. The van der Waals surface area contributed by atoms with E-state index in [1.54, 1.807) is 0 Å². The SMILES string of the molecule is Cc1ccc(N2[CH]CCC2)cc1. The van der Waals surface area contributed by atoms with Crippen molar-refractivity contribution in [2.24, 2.45) is 0 Å². The number of benzene rings is 1. The lowest BCUT2D eigenvalue weighted by Crippen LogP contribution is -2.13. The molecule has 0 spiro atoms. The van der Waals surface area contributed by atoms with Gasteiger partial charge in [-0.1, -0.05) is 17.7 Å². The molecule has 0 N–H and O–H groups in total. The van der Waals surface area contributed by atoms with Crippen molar-refractivity contribution < 1.29 is 0 Å². The average molecular weight is 160 g/mol. The molecule has 1 nitrogen and oxygen atoms in total. The third kappa shape index (κ3) is 1.45. The van der Waals surface area contributed by atoms with Gasteiger partial charge in [-0.2, -0.15) is 0 Å². The predicted octanol–water partition coefficient (Wildman–Crippen LogP) is 2.76. The van der Waals surface area contributed by atoms with E-state index in [-0.39, 0.29) is 0 Å². The van der Waals surface area contributed by atoms with Crippen LogP contribution in [0.3, 0.4) is 0 Å². The maximum absolute atomic E-state index is 2.33. The average Bonchev–Trinajstić information content (AvgIpc) is 2.58. The second kappa shape index (κ2) is 3.18. The molecule has 0 aliphatic carbocycles. The fourth-order valence-electron chi connectivity index (χ4n) is 1.57. The predicted molar refractivity (Wildman–Crippen MR) is 52.1 cm³/mol. The summed E-state index contributed by atoms with van der Waals surface area (Å²) in [4.78, 5) is 2.33. The Morgan fingerprint density at radius 3 is 2.50 bits per heavy atom. The van der Waals surface area contributed by atoms with E-state index in [1.807, 2.05) is 0 Å². The molecule has 1 aliphatic rings. The molecule has 63 valence electrons. The summed E-state index contributed by atoms with van der Waals surface area (Å²) in [6.07, 6.45) is 2.53. The smallest absolute Gasteiger partial charge is 0.0494 e. The summed E-state index contributed by atoms with van der Waals surface area (Å²) in [5.41, 5.74) is 2.66. The van der Waals surface area contributed by atoms with Crippen LogP contribution in [0.1, 0.15) is 18.4 Å². The molecular formula is C11H14N. The molecule has 0 unspecified atom stereocenters. The number of nitrogens with zero attached hydrogens (tertiary/aromatic N) is 1. The van der Waals surface area contributed by atoms with Gasteiger partial charge in [-0.05, 0) is 31.9 Å². The van der Waals surface area contributed by atoms with Crippen molar-refractivity contribution in [2.75, 3.05) is 11.4 Å². The van der Waals surface area contributed by atoms with Crippen LogP contribution < -0.4 is 4.90 Å². The molecule has 1 radical (unpaired) electrons. The Kier molecular flexibility index (Phi) is 2.03. The van der Waals surface area contributed by atoms with Crippen LogP contribution in [0.4, 0.5) is 5.69 Å². The van der Waals surface area contributed by atoms with Crippen LogP contribution >= 0.6 is 0 Å². The number of rotatable bonds is 1. The minimum Gasteiger partial charge on any atom is -0.366 e. The van der Waals surface area contributed by atoms with Crippen LogP contribution in [0.15, 0.2) is 24.3 Å². The number of anilines is 1. The molecule has 0 saturated carbocycles. The highest BCUT2D eigenvalue weighted by molar-refractivity contribution is 5.49. The Balaban J connectivity index is 2.17. The molecule has 1 saturated heterocycles. The van der Waals surface area contributed by atoms with Crippen LogP contribution in [-0.4, -0.2) is 6.54 Å². The number of aryl methyl sites for hydroxylation is 1. The molecule has 0 amide bonds. The van der Waals surface area contributed by atoms with Crippen molar-refractivity contribution in [1.29, 1.82) is 0 Å². The molecule has 12 heavy (non-hydrogen) atoms. The summed E-state index contributed by atoms with van der Waals surface area (Å²) in [5.74, 6) is 0. The normalized spacial score (nSPS) is 16.9. The molecular weight excluding hydrogens is 146 g/mol. The van der Waals surface area contributed by atoms with E-state index >= 15 is 0 Å². The molecule has 1 heterocycles. The van der Waals surface area contributed by atoms with Crippen LogP contribution in [-0.2, 0) is 0 Å². The van der Waals surface area contributed by atoms with E-state index < -0.39 is 0 Å². The van der Waals surface area contributed by atoms with Gasteiger partial charge in [0.2, 0.25) is 0 Å². The van der Waals surface area contributed by atoms with Gasteiger partial charge in [0.15, 0.2) is 0 Å². The summed E-state index contributed by atoms with van der Waals surface area (Å²) in [7, 11) is 0. The summed E-state index contributed by atoms with van der Waals surface area (Å²) >= 11 is 0. The first-order chi connectivity index (χ1) is 5.86. The molecule has 0 bridgehead atoms. The van der Waals surface area contributed by atoms with E-state index in [0.29, 0.717) is 0 Å². The van der Waals surface area contributed by atoms with Crippen molar-refractivity contribution in [3.63, 3.8) is 0 Å². The Morgan fingerprint density at radius 1 is 1.17 bits per heavy atom. The fourth-order valence-corrected chi connectivity index (χ4v) is 1.57. The first-order valence-electron chi connectivity index (χ1n) is 4.53. The highest BCUT2D eigenvalue weighted by Gasteiger charge is 2.11. The topological polar surface area (TPSA) is 3.24 Å². The zero-order valence-corrected chi connectivity index (χ0v) is 7.46. The van der Waals surface area contributed by atoms with Gasteiger partial charge in [0.25, 0.3) is 0 Å². The Bertz CT molecular complexity index is 244. The lowest BCUT2D eigenvalue weighted by atomic mass is 10.2. The minimum atomic E-state index is 1.18. The Hall–Kier alpha value is -0.980. The van der Waals surface area contributed by atoms with Crippen molar-refractivity contribution >= 4 is 5.69 Å². The molecule has 1 aromatic rings. The van der Waals surface area contributed by atoms with Gasteiger partial charge in [0.1, 0.15) is 0 Å². The monoisotopic (exact) mass is 160 g/mol. The molecule has 1 aliphatic heterocycles. The number of hydrogen-bond acceptors (Lipinski definition) is 1. The standard InChI is InChI=1S/C11H14N/c1-10-4-6-11(7-5-10)12-8-2-3-9-12/h4-8H,2-3,9H2,1H3. The third-order valence-corrected chi connectivity index (χ3v) is 2.32. The largest absolute Gasteiger partial charge is 0.366 e. The third-order valence-electron chi connectivity index (χ3n) is 2.32. The van der Waals surface area contributed by atoms with Gasteiger partial charge < -0.3 is 4.90 Å². The zero-order chi connectivity index (χ0) is 8.39. The zero-order valence-electron chi connectivity index (χ0n) is 7.46. The molecule has 1 heteroatoms. The second-order valence-corrected chi connectivity index (χ2v) is 3.35. The maximum atomic E-state index is 2.33. The summed E-state index contributed by atoms with van der Waals surface area (Å²) < 4.78 is 0. The van der Waals surface area contributed by atoms with Gasteiger partial charge in [0.05, 0.1) is 0 Å². The first-order valence-corrected chi connectivity index (χ1v) is 4.53. The summed E-state index contributed by atoms with van der Waals surface area (Å²) in [6, 6.07) is 8.72. The van der Waals surface area contributed by atoms with Gasteiger partial charge in [0, 0.05) is 18.8 Å². The van der Waals surface area contributed by atoms with E-state index in [4.69, 9.17) is 0 Å². The van der Waals surface area contributed by atoms with Gasteiger partial charge in [-0.25, -0.2) is 0 Å². The van der Waals surface area contributed by atoms with Crippen LogP contribution in [0, 0.1) is 13.5 Å². The lowest BCUT2D eigenvalue weighted by molar-refractivity contribution is 0.956. The van der Waals surface area contributed by atoms with E-state index in [0.717, 1.165) is 0 Å². The summed E-state index contributed by atoms with van der Waals surface area (Å²) in [5, 5.41) is 0. The quantitative estimate of drug-likeness (QED) is 0.610. The van der Waals surface area contributed by atoms with Gasteiger partial charge in [-0.3, -0.25) is 0 Å². The fraction of sp³-hybridized carbons (Fsp3) is 0.364. The Labute approximate surface area is 74.0 Å². The maximum Gasteiger partial charge on any atom is 0.0494 e. The van der Waals surface area contributed by atoms with Crippen LogP contribution in [0.2, 0.25) is 0 Å². The van der Waals surface area contributed by atoms with Crippen LogP contribution in [0.5, 0.6) is 0 Å². The first kappa shape index (κ1) is 7.66. The van der Waals surface area contributed by atoms with Crippen molar-refractivity contribution in [3.05, 3.63) is 36.4 Å². The highest BCUT2D eigenvalue weighted by atomic mass is 15.1. The van der Waals surface area contributed by atoms with Crippen molar-refractivity contribution in [1.82, 2.24) is 0 Å². The molecule has 0 atom stereocenters. The molecule has 2 rings (SSSR count). The van der Waals surface area contributed by atoms with E-state index in [1.165, 1.54) is 30.6 Å². The second-order valence-electron chi connectivity index (χ2n) is 3.35. The molecule has 1 aromatic carbocycles. The molecule has 0 aromatic heterocycles. The summed E-state index contributed by atoms with van der Waals surface area (Å²) in [6.45, 7) is 5.59. The van der Waals surface area contributed by atoms with E-state index in [9.17, 15) is 0 Å². The van der Waals surface area contributed by atoms with Gasteiger partial charge >= 0.3 is 0 Å². The van der Waals surface area contributed by atoms with Crippen molar-refractivity contribution in [3.8, 4) is 0 Å². The highest BCUT2D eigenvalue weighted by Crippen LogP contribution is 2.22. The van der Waals surface area contributed by atoms with Gasteiger partial charge in [-0.15, -0.1) is 0 Å². The lowest BCUT2D eigenvalue weighted by Gasteiger charge is -2.16. The van der Waals surface area contributed by atoms with Crippen molar-refractivity contribution in [2.45, 2.75) is 19.8 Å². The van der Waals surface area contributed by atoms with E-state index in [2.05, 4.69) is 42.6 Å². The molecule has 1 fully saturated rings. The Morgan fingerprint density at radius 2 is 1.92 bits per heavy atom.